The second-order valence-electron chi connectivity index (χ2n) is 3.61. The molecule has 0 fully saturated rings. The van der Waals surface area contributed by atoms with Gasteiger partial charge in [0.1, 0.15) is 0 Å². The number of hydrogen-bond acceptors (Lipinski definition) is 2. The highest BCUT2D eigenvalue weighted by molar-refractivity contribution is 4.49. The van der Waals surface area contributed by atoms with Crippen molar-refractivity contribution < 1.29 is 0 Å². The Kier molecular flexibility index (Phi) is 8.95. The molecule has 0 aromatic rings. The summed E-state index contributed by atoms with van der Waals surface area (Å²) in [5, 5.41) is 3.41. The number of unbranched alkanes of at least 4 members (excludes halogenated alkanes) is 2. The van der Waals surface area contributed by atoms with Gasteiger partial charge in [0, 0.05) is 0 Å². The third-order valence-corrected chi connectivity index (χ3v) is 1.89. The Morgan fingerprint density at radius 1 is 1.00 bits per heavy atom. The van der Waals surface area contributed by atoms with Crippen molar-refractivity contribution >= 4 is 0 Å². The van der Waals surface area contributed by atoms with Crippen molar-refractivity contribution in [2.45, 2.75) is 32.6 Å². The molecule has 2 heteroatoms. The number of hydrogen-bond donors (Lipinski definition) is 1. The fourth-order valence-corrected chi connectivity index (χ4v) is 1.16. The van der Waals surface area contributed by atoms with Gasteiger partial charge < -0.3 is 10.2 Å². The van der Waals surface area contributed by atoms with Crippen LogP contribution in [0.25, 0.3) is 0 Å². The Morgan fingerprint density at radius 3 is 2.33 bits per heavy atom. The van der Waals surface area contributed by atoms with E-state index in [0.29, 0.717) is 0 Å². The van der Waals surface area contributed by atoms with Crippen LogP contribution in [0.4, 0.5) is 0 Å². The van der Waals surface area contributed by atoms with E-state index in [1.165, 1.54) is 45.3 Å². The summed E-state index contributed by atoms with van der Waals surface area (Å²) in [6.07, 6.45) is 5.27. The van der Waals surface area contributed by atoms with Gasteiger partial charge in [-0.1, -0.05) is 13.3 Å². The first kappa shape index (κ1) is 11.9. The van der Waals surface area contributed by atoms with E-state index in [0.717, 1.165) is 0 Å². The molecular formula is C10H24N2. The van der Waals surface area contributed by atoms with E-state index in [9.17, 15) is 0 Å². The molecule has 0 radical (unpaired) electrons. The van der Waals surface area contributed by atoms with Crippen molar-refractivity contribution in [1.29, 1.82) is 0 Å². The summed E-state index contributed by atoms with van der Waals surface area (Å²) in [5.74, 6) is 0. The molecule has 0 aromatic carbocycles. The molecule has 0 saturated carbocycles. The maximum atomic E-state index is 3.41. The normalized spacial score (nSPS) is 11.0. The van der Waals surface area contributed by atoms with Gasteiger partial charge in [0.05, 0.1) is 0 Å². The highest BCUT2D eigenvalue weighted by atomic mass is 15.0. The van der Waals surface area contributed by atoms with Crippen LogP contribution in [0, 0.1) is 0 Å². The van der Waals surface area contributed by atoms with E-state index in [4.69, 9.17) is 0 Å². The van der Waals surface area contributed by atoms with E-state index in [-0.39, 0.29) is 0 Å². The molecule has 0 heterocycles. The zero-order chi connectivity index (χ0) is 9.23. The summed E-state index contributed by atoms with van der Waals surface area (Å²) in [7, 11) is 4.27. The molecule has 0 amide bonds. The van der Waals surface area contributed by atoms with Crippen LogP contribution < -0.4 is 5.32 Å². The number of rotatable bonds is 8. The largest absolute Gasteiger partial charge is 0.317 e. The highest BCUT2D eigenvalue weighted by Gasteiger charge is 1.90. The minimum atomic E-state index is 1.17. The first-order chi connectivity index (χ1) is 5.77. The Bertz CT molecular complexity index is 81.9. The minimum Gasteiger partial charge on any atom is -0.317 e. The Labute approximate surface area is 77.3 Å². The lowest BCUT2D eigenvalue weighted by Crippen LogP contribution is -2.17. The van der Waals surface area contributed by atoms with Crippen LogP contribution in [0.1, 0.15) is 32.6 Å². The molecule has 0 bridgehead atoms. The van der Waals surface area contributed by atoms with E-state index in [2.05, 4.69) is 31.2 Å². The Morgan fingerprint density at radius 2 is 1.75 bits per heavy atom. The van der Waals surface area contributed by atoms with Crippen LogP contribution in [0.15, 0.2) is 0 Å². The predicted octanol–water partition coefficient (Wildman–Crippen LogP) is 1.72. The summed E-state index contributed by atoms with van der Waals surface area (Å²) in [4.78, 5) is 2.25. The van der Waals surface area contributed by atoms with Crippen LogP contribution >= 0.6 is 0 Å². The first-order valence-electron chi connectivity index (χ1n) is 5.12. The van der Waals surface area contributed by atoms with E-state index < -0.39 is 0 Å². The summed E-state index contributed by atoms with van der Waals surface area (Å²) < 4.78 is 0. The summed E-state index contributed by atoms with van der Waals surface area (Å²) in [6.45, 7) is 5.81. The van der Waals surface area contributed by atoms with Crippen molar-refractivity contribution in [2.75, 3.05) is 33.7 Å². The molecule has 0 spiro atoms. The van der Waals surface area contributed by atoms with E-state index in [1.54, 1.807) is 0 Å². The molecule has 0 aliphatic carbocycles. The predicted molar refractivity (Wildman–Crippen MR) is 55.6 cm³/mol. The van der Waals surface area contributed by atoms with Crippen LogP contribution in [0.3, 0.4) is 0 Å². The lowest BCUT2D eigenvalue weighted by molar-refractivity contribution is 0.390. The highest BCUT2D eigenvalue weighted by Crippen LogP contribution is 1.94. The monoisotopic (exact) mass is 172 g/mol. The molecule has 12 heavy (non-hydrogen) atoms. The van der Waals surface area contributed by atoms with Crippen molar-refractivity contribution in [3.8, 4) is 0 Å². The standard InChI is InChI=1S/C10H24N2/c1-4-8-11-9-6-5-7-10-12(2)3/h11H,4-10H2,1-3H3. The van der Waals surface area contributed by atoms with Gasteiger partial charge in [-0.05, 0) is 53.0 Å². The molecular weight excluding hydrogens is 148 g/mol. The average Bonchev–Trinajstić information content (AvgIpc) is 2.02. The van der Waals surface area contributed by atoms with Gasteiger partial charge in [-0.3, -0.25) is 0 Å². The fraction of sp³-hybridized carbons (Fsp3) is 1.00. The van der Waals surface area contributed by atoms with Crippen LogP contribution in [0.5, 0.6) is 0 Å². The quantitative estimate of drug-likeness (QED) is 0.561. The van der Waals surface area contributed by atoms with E-state index >= 15 is 0 Å². The summed E-state index contributed by atoms with van der Waals surface area (Å²) >= 11 is 0. The molecule has 74 valence electrons. The number of nitrogens with one attached hydrogen (secondary N) is 1. The van der Waals surface area contributed by atoms with E-state index in [1.807, 2.05) is 0 Å². The minimum absolute atomic E-state index is 1.17. The topological polar surface area (TPSA) is 15.3 Å². The second-order valence-corrected chi connectivity index (χ2v) is 3.61. The average molecular weight is 172 g/mol. The molecule has 0 saturated heterocycles. The Balaban J connectivity index is 2.82. The van der Waals surface area contributed by atoms with Gasteiger partial charge in [0.25, 0.3) is 0 Å². The van der Waals surface area contributed by atoms with Crippen molar-refractivity contribution in [2.24, 2.45) is 0 Å². The Hall–Kier alpha value is -0.0800. The van der Waals surface area contributed by atoms with Crippen LogP contribution in [0.2, 0.25) is 0 Å². The first-order valence-corrected chi connectivity index (χ1v) is 5.12. The zero-order valence-corrected chi connectivity index (χ0v) is 8.90. The molecule has 0 aromatic heterocycles. The lowest BCUT2D eigenvalue weighted by Gasteiger charge is -2.08. The molecule has 2 nitrogen and oxygen atoms in total. The van der Waals surface area contributed by atoms with Crippen molar-refractivity contribution in [3.05, 3.63) is 0 Å². The van der Waals surface area contributed by atoms with Gasteiger partial charge in [0.2, 0.25) is 0 Å². The van der Waals surface area contributed by atoms with Crippen molar-refractivity contribution in [3.63, 3.8) is 0 Å². The third kappa shape index (κ3) is 9.92. The van der Waals surface area contributed by atoms with Gasteiger partial charge in [-0.2, -0.15) is 0 Å². The maximum absolute atomic E-state index is 3.41. The van der Waals surface area contributed by atoms with Crippen LogP contribution in [-0.4, -0.2) is 38.6 Å². The summed E-state index contributed by atoms with van der Waals surface area (Å²) in [5.41, 5.74) is 0. The second kappa shape index (κ2) is 9.01. The molecule has 0 aliphatic rings. The summed E-state index contributed by atoms with van der Waals surface area (Å²) in [6, 6.07) is 0. The van der Waals surface area contributed by atoms with Crippen LogP contribution in [-0.2, 0) is 0 Å². The molecule has 0 unspecified atom stereocenters. The lowest BCUT2D eigenvalue weighted by atomic mass is 10.2. The molecule has 0 aliphatic heterocycles. The fourth-order valence-electron chi connectivity index (χ4n) is 1.16. The molecule has 0 rings (SSSR count). The smallest absolute Gasteiger partial charge is 0.00248 e. The third-order valence-electron chi connectivity index (χ3n) is 1.89. The molecule has 0 atom stereocenters. The van der Waals surface area contributed by atoms with Gasteiger partial charge in [0.15, 0.2) is 0 Å². The van der Waals surface area contributed by atoms with Gasteiger partial charge in [-0.15, -0.1) is 0 Å². The zero-order valence-electron chi connectivity index (χ0n) is 8.90. The SMILES string of the molecule is CCCNCCCCCN(C)C. The molecule has 1 N–H and O–H groups in total. The van der Waals surface area contributed by atoms with Gasteiger partial charge >= 0.3 is 0 Å². The number of nitrogens with zero attached hydrogens (tertiary/aromatic N) is 1. The van der Waals surface area contributed by atoms with Crippen molar-refractivity contribution in [1.82, 2.24) is 10.2 Å². The maximum Gasteiger partial charge on any atom is -0.00248 e. The van der Waals surface area contributed by atoms with Gasteiger partial charge in [-0.25, -0.2) is 0 Å².